The van der Waals surface area contributed by atoms with Crippen molar-refractivity contribution in [3.05, 3.63) is 226 Å². The van der Waals surface area contributed by atoms with Crippen molar-refractivity contribution in [1.29, 1.82) is 0 Å². The van der Waals surface area contributed by atoms with Crippen LogP contribution >= 0.6 is 0 Å². The summed E-state index contributed by atoms with van der Waals surface area (Å²) in [5.74, 6) is -2.43. The molecule has 5 fully saturated rings. The predicted octanol–water partition coefficient (Wildman–Crippen LogP) is 9.58. The van der Waals surface area contributed by atoms with Gasteiger partial charge in [0.1, 0.15) is 60.9 Å². The number of carbonyl (C=O) groups excluding carboxylic acids is 4. The number of hydrogen-bond donors (Lipinski definition) is 1. The lowest BCUT2D eigenvalue weighted by molar-refractivity contribution is -0.373. The van der Waals surface area contributed by atoms with Crippen molar-refractivity contribution in [2.45, 2.75) is 189 Å². The van der Waals surface area contributed by atoms with Gasteiger partial charge in [0.2, 0.25) is 0 Å². The van der Waals surface area contributed by atoms with Crippen molar-refractivity contribution < 1.29 is 95.0 Å². The molecule has 0 aliphatic carbocycles. The maximum Gasteiger partial charge on any atom is 0.408 e. The molecule has 8 unspecified atom stereocenters. The van der Waals surface area contributed by atoms with Gasteiger partial charge in [0.15, 0.2) is 43.3 Å². The Morgan fingerprint density at radius 2 is 0.865 bits per heavy atom. The van der Waals surface area contributed by atoms with Crippen LogP contribution in [0.25, 0.3) is 10.4 Å². The molecule has 5 heterocycles. The molecule has 5 aliphatic heterocycles. The second kappa shape index (κ2) is 33.7. The Labute approximate surface area is 556 Å². The number of benzene rings is 6. The summed E-state index contributed by atoms with van der Waals surface area (Å²) in [5, 5.41) is 7.14. The second-order valence-corrected chi connectivity index (χ2v) is 23.7. The number of fused-ring (bicyclic) bond motifs is 1. The molecule has 1 amide bonds. The lowest BCUT2D eigenvalue weighted by Gasteiger charge is -2.50. The minimum absolute atomic E-state index is 0.0185. The normalized spacial score (nSPS) is 30.9. The summed E-state index contributed by atoms with van der Waals surface area (Å²) in [6.07, 6.45) is -23.0. The number of carbonyl (C=O) groups is 4. The Morgan fingerprint density at radius 1 is 0.469 bits per heavy atom. The molecule has 6 aromatic carbocycles. The molecule has 508 valence electrons. The average Bonchev–Trinajstić information content (AvgIpc) is 1.53. The van der Waals surface area contributed by atoms with Crippen LogP contribution in [-0.4, -0.2) is 161 Å². The first-order valence-electron chi connectivity index (χ1n) is 32.2. The third-order valence-electron chi connectivity index (χ3n) is 17.5. The highest BCUT2D eigenvalue weighted by atomic mass is 16.8. The van der Waals surface area contributed by atoms with Crippen LogP contribution in [0.1, 0.15) is 71.8 Å². The Kier molecular flexibility index (Phi) is 24.3. The van der Waals surface area contributed by atoms with E-state index in [9.17, 15) is 24.7 Å². The summed E-state index contributed by atoms with van der Waals surface area (Å²) in [6, 6.07) is 52.9. The van der Waals surface area contributed by atoms with Crippen molar-refractivity contribution in [1.82, 2.24) is 5.32 Å². The van der Waals surface area contributed by atoms with Gasteiger partial charge in [0.25, 0.3) is 0 Å². The number of amides is 1. The van der Waals surface area contributed by atoms with Crippen molar-refractivity contribution in [2.75, 3.05) is 14.2 Å². The van der Waals surface area contributed by atoms with Gasteiger partial charge in [-0.25, -0.2) is 19.2 Å². The number of nitrogens with one attached hydrogen (secondary N) is 1. The third-order valence-corrected chi connectivity index (χ3v) is 17.5. The Morgan fingerprint density at radius 3 is 1.33 bits per heavy atom. The van der Waals surface area contributed by atoms with E-state index in [1.54, 1.807) is 37.3 Å². The topological polar surface area (TPSA) is 277 Å². The van der Waals surface area contributed by atoms with E-state index >= 15 is 0 Å². The summed E-state index contributed by atoms with van der Waals surface area (Å²) >= 11 is 0. The number of nitrogens with zero attached hydrogens (tertiary/aromatic N) is 3. The average molecular weight is 1320 g/mol. The van der Waals surface area contributed by atoms with Gasteiger partial charge in [-0.2, -0.15) is 0 Å². The first-order valence-corrected chi connectivity index (χ1v) is 32.2. The fraction of sp³-hybridized carbons (Fsp3) is 0.444. The standard InChI is InChI=1S/C72H80N4O20/c1-6-50-55(83-38-44-26-14-8-15-27-44)57(84-39-45-28-16-9-17-29-45)53(75-76-73)70(89-50)94-62-60(86-41-47-32-20-11-21-33-47)65(87-42-48-34-22-12-23-35-48)71(95-64(62)68(79)82-5)92-56-51(7-2)90-69(52-58(56)96-72(80)74-52)93-61-59(85-40-46-30-18-10-19-31-46)54(43(3)88-63(61)67(78)81-4)91-66(77)49-36-24-13-25-37-49/h8-37,43,50-65,69-71H,6-7,38-42H2,1-5H3,(H,74,80)/t43-,50?,51?,52+,53?,54?,55-,56-,57+,58?,59-,60-,61+,62+,63?,64?,65?,69-,70-,71+/m0/s1. The van der Waals surface area contributed by atoms with Crippen molar-refractivity contribution in [2.24, 2.45) is 5.11 Å². The maximum absolute atomic E-state index is 14.7. The van der Waals surface area contributed by atoms with E-state index in [2.05, 4.69) is 15.3 Å². The van der Waals surface area contributed by atoms with E-state index in [1.807, 2.05) is 166 Å². The molecular weight excluding hydrogens is 1240 g/mol. The molecule has 11 rings (SSSR count). The van der Waals surface area contributed by atoms with E-state index in [4.69, 9.17) is 75.8 Å². The van der Waals surface area contributed by atoms with E-state index in [0.29, 0.717) is 6.42 Å². The van der Waals surface area contributed by atoms with E-state index in [-0.39, 0.29) is 45.0 Å². The van der Waals surface area contributed by atoms with E-state index in [0.717, 1.165) is 27.8 Å². The molecule has 0 aromatic heterocycles. The van der Waals surface area contributed by atoms with Crippen molar-refractivity contribution >= 4 is 24.0 Å². The molecule has 24 nitrogen and oxygen atoms in total. The first kappa shape index (κ1) is 69.2. The van der Waals surface area contributed by atoms with Crippen molar-refractivity contribution in [3.8, 4) is 0 Å². The third kappa shape index (κ3) is 16.8. The smallest absolute Gasteiger partial charge is 0.408 e. The molecule has 0 saturated carbocycles. The number of rotatable bonds is 28. The fourth-order valence-corrected chi connectivity index (χ4v) is 12.6. The highest BCUT2D eigenvalue weighted by molar-refractivity contribution is 5.89. The summed E-state index contributed by atoms with van der Waals surface area (Å²) in [7, 11) is 2.39. The van der Waals surface area contributed by atoms with Crippen LogP contribution in [0.4, 0.5) is 4.79 Å². The number of alkyl carbamates (subject to hydrolysis) is 1. The zero-order chi connectivity index (χ0) is 66.9. The molecule has 5 saturated heterocycles. The van der Waals surface area contributed by atoms with Gasteiger partial charge in [-0.05, 0) is 65.2 Å². The van der Waals surface area contributed by atoms with Gasteiger partial charge < -0.3 is 81.1 Å². The SMILES string of the molecule is CCC1O[C@@H](O[C@H]2C(C(=O)OC)O[C@@H](C)C(OC(=O)c3ccccc3)[C@@H]2OCc2ccccc2)[C@@H]2NC(=O)OC2[C@H]1O[C@@H]1OC(C(=O)OC)[C@H](O[C@@H]2OC(CC)[C@H](OCc3ccccc3)[C@H](OCc3ccccc3)C2N=[N+]=[N-])[C@H](OCc2ccccc2)C1OCc1ccccc1. The van der Waals surface area contributed by atoms with Crippen LogP contribution < -0.4 is 5.32 Å². The summed E-state index contributed by atoms with van der Waals surface area (Å²) < 4.78 is 105. The number of hydrogen-bond acceptors (Lipinski definition) is 21. The molecule has 24 heteroatoms. The molecule has 96 heavy (non-hydrogen) atoms. The lowest BCUT2D eigenvalue weighted by Crippen LogP contribution is -2.68. The van der Waals surface area contributed by atoms with Crippen LogP contribution in [0, 0.1) is 0 Å². The van der Waals surface area contributed by atoms with Crippen molar-refractivity contribution in [3.63, 3.8) is 0 Å². The zero-order valence-corrected chi connectivity index (χ0v) is 53.8. The number of methoxy groups -OCH3 is 2. The van der Waals surface area contributed by atoms with Crippen LogP contribution in [0.5, 0.6) is 0 Å². The minimum atomic E-state index is -1.70. The highest BCUT2D eigenvalue weighted by Crippen LogP contribution is 2.41. The molecule has 0 bridgehead atoms. The van der Waals surface area contributed by atoms with Crippen LogP contribution in [0.2, 0.25) is 0 Å². The summed E-state index contributed by atoms with van der Waals surface area (Å²) in [6.45, 7) is 5.50. The predicted molar refractivity (Wildman–Crippen MR) is 340 cm³/mol. The molecular formula is C72H80N4O20. The molecule has 5 aliphatic rings. The second-order valence-electron chi connectivity index (χ2n) is 23.7. The molecule has 1 N–H and O–H groups in total. The number of azide groups is 1. The lowest BCUT2D eigenvalue weighted by atomic mass is 9.92. The maximum atomic E-state index is 14.7. The zero-order valence-electron chi connectivity index (χ0n) is 53.8. The minimum Gasteiger partial charge on any atom is -0.467 e. The monoisotopic (exact) mass is 1320 g/mol. The highest BCUT2D eigenvalue weighted by Gasteiger charge is 2.61. The molecule has 0 spiro atoms. The van der Waals surface area contributed by atoms with Crippen LogP contribution in [0.15, 0.2) is 187 Å². The Hall–Kier alpha value is -8.17. The first-order chi connectivity index (χ1) is 46.9. The van der Waals surface area contributed by atoms with Gasteiger partial charge in [-0.1, -0.05) is 189 Å². The number of esters is 3. The fourth-order valence-electron chi connectivity index (χ4n) is 12.6. The quantitative estimate of drug-likeness (QED) is 0.0157. The summed E-state index contributed by atoms with van der Waals surface area (Å²) in [5.41, 5.74) is 14.6. The summed E-state index contributed by atoms with van der Waals surface area (Å²) in [4.78, 5) is 59.8. The van der Waals surface area contributed by atoms with Gasteiger partial charge in [0.05, 0.1) is 71.1 Å². The van der Waals surface area contributed by atoms with Gasteiger partial charge in [-0.3, -0.25) is 0 Å². The molecule has 0 radical (unpaired) electrons. The Balaban J connectivity index is 0.939. The van der Waals surface area contributed by atoms with E-state index < -0.39 is 147 Å². The van der Waals surface area contributed by atoms with E-state index in [1.165, 1.54) is 14.2 Å². The largest absolute Gasteiger partial charge is 0.467 e. The molecule has 20 atom stereocenters. The number of ether oxygens (including phenoxy) is 16. The Bertz CT molecular complexity index is 3480. The molecule has 6 aromatic rings. The van der Waals surface area contributed by atoms with Crippen LogP contribution in [-0.2, 0) is 118 Å². The van der Waals surface area contributed by atoms with Gasteiger partial charge >= 0.3 is 24.0 Å². The van der Waals surface area contributed by atoms with Gasteiger partial charge in [-0.15, -0.1) is 0 Å². The van der Waals surface area contributed by atoms with Gasteiger partial charge in [0, 0.05) is 4.91 Å². The van der Waals surface area contributed by atoms with Crippen LogP contribution in [0.3, 0.4) is 0 Å².